The zero-order chi connectivity index (χ0) is 14.3. The fourth-order valence-corrected chi connectivity index (χ4v) is 1.96. The van der Waals surface area contributed by atoms with Crippen molar-refractivity contribution in [3.8, 4) is 5.69 Å². The van der Waals surface area contributed by atoms with Crippen molar-refractivity contribution < 1.29 is 14.3 Å². The highest BCUT2D eigenvalue weighted by atomic mass is 16.4. The number of rotatable bonds is 2. The third-order valence-electron chi connectivity index (χ3n) is 2.94. The minimum absolute atomic E-state index is 0.0929. The molecular formula is C13H9N3O4. The maximum atomic E-state index is 11.1. The lowest BCUT2D eigenvalue weighted by atomic mass is 10.2. The largest absolute Gasteiger partial charge is 0.476 e. The fourth-order valence-electron chi connectivity index (χ4n) is 1.96. The van der Waals surface area contributed by atoms with Gasteiger partial charge < -0.3 is 9.52 Å². The fraction of sp³-hybridized carbons (Fsp3) is 0.0769. The summed E-state index contributed by atoms with van der Waals surface area (Å²) in [6.07, 6.45) is 0. The molecule has 1 N–H and O–H groups in total. The molecule has 20 heavy (non-hydrogen) atoms. The van der Waals surface area contributed by atoms with Gasteiger partial charge in [-0.05, 0) is 31.2 Å². The summed E-state index contributed by atoms with van der Waals surface area (Å²) in [6.45, 7) is 1.62. The van der Waals surface area contributed by atoms with Gasteiger partial charge in [-0.2, -0.15) is 0 Å². The average molecular weight is 271 g/mol. The number of fused-ring (bicyclic) bond motifs is 1. The van der Waals surface area contributed by atoms with Crippen LogP contribution in [0.4, 0.5) is 0 Å². The highest BCUT2D eigenvalue weighted by Crippen LogP contribution is 2.18. The summed E-state index contributed by atoms with van der Waals surface area (Å²) in [4.78, 5) is 22.1. The average Bonchev–Trinajstić information content (AvgIpc) is 2.80. The van der Waals surface area contributed by atoms with E-state index in [1.165, 1.54) is 10.7 Å². The maximum absolute atomic E-state index is 11.1. The third-order valence-corrected chi connectivity index (χ3v) is 2.94. The maximum Gasteiger partial charge on any atom is 0.358 e. The van der Waals surface area contributed by atoms with Gasteiger partial charge in [0.25, 0.3) is 0 Å². The Labute approximate surface area is 112 Å². The highest BCUT2D eigenvalue weighted by Gasteiger charge is 2.16. The van der Waals surface area contributed by atoms with Gasteiger partial charge in [0.05, 0.1) is 11.4 Å². The summed E-state index contributed by atoms with van der Waals surface area (Å²) < 4.78 is 6.46. The van der Waals surface area contributed by atoms with E-state index < -0.39 is 11.6 Å². The van der Waals surface area contributed by atoms with Crippen LogP contribution >= 0.6 is 0 Å². The molecule has 0 amide bonds. The zero-order valence-electron chi connectivity index (χ0n) is 10.4. The van der Waals surface area contributed by atoms with E-state index in [0.717, 1.165) is 0 Å². The van der Waals surface area contributed by atoms with Crippen molar-refractivity contribution in [2.45, 2.75) is 6.92 Å². The Balaban J connectivity index is 2.17. The van der Waals surface area contributed by atoms with Crippen LogP contribution in [0.1, 0.15) is 16.2 Å². The van der Waals surface area contributed by atoms with Crippen LogP contribution in [0.5, 0.6) is 0 Å². The van der Waals surface area contributed by atoms with Gasteiger partial charge in [0, 0.05) is 11.5 Å². The number of carbonyl (C=O) groups is 1. The topological polar surface area (TPSA) is 98.2 Å². The highest BCUT2D eigenvalue weighted by molar-refractivity contribution is 5.86. The molecule has 0 radical (unpaired) electrons. The summed E-state index contributed by atoms with van der Waals surface area (Å²) in [6, 6.07) is 8.01. The van der Waals surface area contributed by atoms with Crippen molar-refractivity contribution in [1.82, 2.24) is 15.0 Å². The molecule has 0 spiro atoms. The molecule has 7 heteroatoms. The number of aromatic nitrogens is 3. The lowest BCUT2D eigenvalue weighted by Crippen LogP contribution is -2.03. The molecule has 100 valence electrons. The molecule has 0 unspecified atom stereocenters. The second-order valence-corrected chi connectivity index (χ2v) is 4.22. The molecule has 7 nitrogen and oxygen atoms in total. The Morgan fingerprint density at radius 3 is 2.80 bits per heavy atom. The molecule has 0 aliphatic carbocycles. The van der Waals surface area contributed by atoms with Crippen LogP contribution in [0.3, 0.4) is 0 Å². The summed E-state index contributed by atoms with van der Waals surface area (Å²) in [7, 11) is 0. The standard InChI is InChI=1S/C13H9N3O4/c1-7-12(13(18)19)14-15-16(7)9-3-4-10-8(6-9)2-5-11(17)20-10/h2-6H,1H3,(H,18,19). The van der Waals surface area contributed by atoms with Gasteiger partial charge in [-0.1, -0.05) is 5.21 Å². The van der Waals surface area contributed by atoms with Gasteiger partial charge in [0.1, 0.15) is 5.58 Å². The lowest BCUT2D eigenvalue weighted by Gasteiger charge is -2.04. The predicted molar refractivity (Wildman–Crippen MR) is 69.1 cm³/mol. The Morgan fingerprint density at radius 2 is 2.10 bits per heavy atom. The molecule has 2 heterocycles. The minimum Gasteiger partial charge on any atom is -0.476 e. The van der Waals surface area contributed by atoms with Crippen molar-refractivity contribution in [1.29, 1.82) is 0 Å². The first-order valence-corrected chi connectivity index (χ1v) is 5.76. The monoisotopic (exact) mass is 271 g/mol. The molecule has 0 aliphatic heterocycles. The van der Waals surface area contributed by atoms with Crippen LogP contribution in [0.15, 0.2) is 39.5 Å². The SMILES string of the molecule is Cc1c(C(=O)O)nnn1-c1ccc2oc(=O)ccc2c1. The third kappa shape index (κ3) is 1.85. The molecule has 1 aromatic carbocycles. The van der Waals surface area contributed by atoms with Gasteiger partial charge >= 0.3 is 11.6 Å². The van der Waals surface area contributed by atoms with Gasteiger partial charge in [0.15, 0.2) is 5.69 Å². The van der Waals surface area contributed by atoms with Gasteiger partial charge in [-0.15, -0.1) is 5.10 Å². The Morgan fingerprint density at radius 1 is 1.30 bits per heavy atom. The van der Waals surface area contributed by atoms with Crippen molar-refractivity contribution in [2.24, 2.45) is 0 Å². The smallest absolute Gasteiger partial charge is 0.358 e. The molecule has 0 saturated heterocycles. The van der Waals surface area contributed by atoms with E-state index in [-0.39, 0.29) is 5.69 Å². The van der Waals surface area contributed by atoms with Crippen LogP contribution in [-0.2, 0) is 0 Å². The van der Waals surface area contributed by atoms with Crippen molar-refractivity contribution in [3.63, 3.8) is 0 Å². The molecule has 0 saturated carbocycles. The molecule has 0 fully saturated rings. The molecule has 0 bridgehead atoms. The zero-order valence-corrected chi connectivity index (χ0v) is 10.4. The van der Waals surface area contributed by atoms with E-state index in [2.05, 4.69) is 10.3 Å². The summed E-state index contributed by atoms with van der Waals surface area (Å²) in [5, 5.41) is 17.1. The second-order valence-electron chi connectivity index (χ2n) is 4.22. The van der Waals surface area contributed by atoms with E-state index in [1.54, 1.807) is 31.2 Å². The molecule has 0 aliphatic rings. The molecule has 2 aromatic heterocycles. The normalized spacial score (nSPS) is 10.8. The summed E-state index contributed by atoms with van der Waals surface area (Å²) in [5.74, 6) is -1.12. The van der Waals surface area contributed by atoms with E-state index >= 15 is 0 Å². The number of nitrogens with zero attached hydrogens (tertiary/aromatic N) is 3. The van der Waals surface area contributed by atoms with Crippen LogP contribution in [0.25, 0.3) is 16.7 Å². The predicted octanol–water partition coefficient (Wildman–Crippen LogP) is 1.38. The van der Waals surface area contributed by atoms with Crippen molar-refractivity contribution in [2.75, 3.05) is 0 Å². The number of benzene rings is 1. The number of hydrogen-bond acceptors (Lipinski definition) is 5. The molecule has 3 aromatic rings. The van der Waals surface area contributed by atoms with E-state index in [4.69, 9.17) is 9.52 Å². The first-order valence-electron chi connectivity index (χ1n) is 5.76. The van der Waals surface area contributed by atoms with Crippen LogP contribution < -0.4 is 5.63 Å². The van der Waals surface area contributed by atoms with Crippen molar-refractivity contribution in [3.05, 3.63) is 52.1 Å². The number of carboxylic acid groups (broad SMARTS) is 1. The Hall–Kier alpha value is -2.96. The Kier molecular flexibility index (Phi) is 2.60. The van der Waals surface area contributed by atoms with Gasteiger partial charge in [0.2, 0.25) is 0 Å². The van der Waals surface area contributed by atoms with E-state index in [0.29, 0.717) is 22.4 Å². The van der Waals surface area contributed by atoms with Crippen molar-refractivity contribution >= 4 is 16.9 Å². The van der Waals surface area contributed by atoms with Gasteiger partial charge in [-0.25, -0.2) is 14.3 Å². The second kappa shape index (κ2) is 4.30. The number of hydrogen-bond donors (Lipinski definition) is 1. The minimum atomic E-state index is -1.12. The van der Waals surface area contributed by atoms with Crippen LogP contribution in [-0.4, -0.2) is 26.1 Å². The summed E-state index contributed by atoms with van der Waals surface area (Å²) in [5.41, 5.74) is 1.01. The quantitative estimate of drug-likeness (QED) is 0.707. The molecular weight excluding hydrogens is 262 g/mol. The molecule has 3 rings (SSSR count). The lowest BCUT2D eigenvalue weighted by molar-refractivity contribution is 0.0689. The first-order chi connectivity index (χ1) is 9.56. The number of carboxylic acids is 1. The van der Waals surface area contributed by atoms with Crippen LogP contribution in [0, 0.1) is 6.92 Å². The van der Waals surface area contributed by atoms with Crippen LogP contribution in [0.2, 0.25) is 0 Å². The van der Waals surface area contributed by atoms with Gasteiger partial charge in [-0.3, -0.25) is 0 Å². The van der Waals surface area contributed by atoms with E-state index in [9.17, 15) is 9.59 Å². The number of aromatic carboxylic acids is 1. The van der Waals surface area contributed by atoms with E-state index in [1.807, 2.05) is 0 Å². The molecule has 0 atom stereocenters. The first kappa shape index (κ1) is 12.1. The summed E-state index contributed by atoms with van der Waals surface area (Å²) >= 11 is 0. The Bertz CT molecular complexity index is 879.